The highest BCUT2D eigenvalue weighted by molar-refractivity contribution is 5.80. The summed E-state index contributed by atoms with van der Waals surface area (Å²) in [5.74, 6) is 0.549. The Morgan fingerprint density at radius 3 is 2.90 bits per heavy atom. The molecule has 4 nitrogen and oxygen atoms in total. The highest BCUT2D eigenvalue weighted by Crippen LogP contribution is 2.07. The molecule has 0 atom stereocenters. The predicted octanol–water partition coefficient (Wildman–Crippen LogP) is 0.429. The molecule has 0 aliphatic carbocycles. The minimum atomic E-state index is 0.549. The largest absolute Gasteiger partial charge is 0.387 e. The van der Waals surface area contributed by atoms with Crippen LogP contribution >= 0.6 is 0 Å². The van der Waals surface area contributed by atoms with Crippen molar-refractivity contribution in [3.05, 3.63) is 12.4 Å². The Kier molecular flexibility index (Phi) is 1.71. The third-order valence-corrected chi connectivity index (χ3v) is 0.997. The van der Waals surface area contributed by atoms with Crippen molar-refractivity contribution in [2.75, 3.05) is 0 Å². The van der Waals surface area contributed by atoms with Gasteiger partial charge in [-0.1, -0.05) is 0 Å². The fourth-order valence-corrected chi connectivity index (χ4v) is 0.670. The van der Waals surface area contributed by atoms with Gasteiger partial charge in [-0.05, 0) is 6.92 Å². The van der Waals surface area contributed by atoms with Crippen molar-refractivity contribution in [3.63, 3.8) is 0 Å². The molecule has 10 heavy (non-hydrogen) atoms. The van der Waals surface area contributed by atoms with Crippen molar-refractivity contribution in [1.29, 1.82) is 0 Å². The Bertz CT molecular complexity index is 244. The molecule has 0 amide bonds. The zero-order chi connectivity index (χ0) is 7.56. The molecule has 0 fully saturated rings. The van der Waals surface area contributed by atoms with Crippen LogP contribution in [-0.4, -0.2) is 15.6 Å². The van der Waals surface area contributed by atoms with Gasteiger partial charge in [0.1, 0.15) is 5.69 Å². The fourth-order valence-electron chi connectivity index (χ4n) is 0.670. The topological polar surface area (TPSA) is 56.2 Å². The summed E-state index contributed by atoms with van der Waals surface area (Å²) >= 11 is 0. The standard InChI is InChI=1S/C6H10N4/c1-5(7)9-6-3-8-10(2)4-6/h3-4H,1-2H3,(H2,7,9). The summed E-state index contributed by atoms with van der Waals surface area (Å²) in [6, 6.07) is 0. The normalized spacial score (nSPS) is 12.0. The minimum Gasteiger partial charge on any atom is -0.387 e. The first-order valence-electron chi connectivity index (χ1n) is 2.98. The lowest BCUT2D eigenvalue weighted by Crippen LogP contribution is -2.03. The van der Waals surface area contributed by atoms with Gasteiger partial charge in [-0.2, -0.15) is 5.10 Å². The Labute approximate surface area is 59.4 Å². The van der Waals surface area contributed by atoms with Crippen molar-refractivity contribution >= 4 is 11.5 Å². The molecule has 0 saturated carbocycles. The molecule has 0 bridgehead atoms. The van der Waals surface area contributed by atoms with E-state index in [4.69, 9.17) is 5.73 Å². The van der Waals surface area contributed by atoms with Crippen molar-refractivity contribution in [2.24, 2.45) is 17.8 Å². The van der Waals surface area contributed by atoms with E-state index in [-0.39, 0.29) is 0 Å². The maximum Gasteiger partial charge on any atom is 0.103 e. The van der Waals surface area contributed by atoms with Gasteiger partial charge in [0.2, 0.25) is 0 Å². The van der Waals surface area contributed by atoms with Gasteiger partial charge in [0.15, 0.2) is 0 Å². The summed E-state index contributed by atoms with van der Waals surface area (Å²) in [4.78, 5) is 3.99. The number of aliphatic imine (C=N–C) groups is 1. The lowest BCUT2D eigenvalue weighted by atomic mass is 10.6. The zero-order valence-corrected chi connectivity index (χ0v) is 6.07. The number of hydrogen-bond donors (Lipinski definition) is 1. The van der Waals surface area contributed by atoms with Gasteiger partial charge in [0, 0.05) is 7.05 Å². The van der Waals surface area contributed by atoms with E-state index in [9.17, 15) is 0 Å². The number of aryl methyl sites for hydroxylation is 1. The molecule has 2 N–H and O–H groups in total. The SMILES string of the molecule is CC(N)=Nc1cnn(C)c1. The molecule has 0 spiro atoms. The summed E-state index contributed by atoms with van der Waals surface area (Å²) < 4.78 is 1.68. The second-order valence-electron chi connectivity index (χ2n) is 2.13. The second kappa shape index (κ2) is 2.51. The van der Waals surface area contributed by atoms with E-state index in [1.807, 2.05) is 7.05 Å². The number of amidine groups is 1. The lowest BCUT2D eigenvalue weighted by Gasteiger charge is -1.85. The molecule has 1 aromatic heterocycles. The van der Waals surface area contributed by atoms with Crippen molar-refractivity contribution in [1.82, 2.24) is 9.78 Å². The molecule has 1 aromatic rings. The van der Waals surface area contributed by atoms with Crippen LogP contribution in [0, 0.1) is 0 Å². The summed E-state index contributed by atoms with van der Waals surface area (Å²) in [6.45, 7) is 1.74. The van der Waals surface area contributed by atoms with Crippen LogP contribution in [0.25, 0.3) is 0 Å². The number of aromatic nitrogens is 2. The van der Waals surface area contributed by atoms with Crippen molar-refractivity contribution in [2.45, 2.75) is 6.92 Å². The van der Waals surface area contributed by atoms with Gasteiger partial charge in [-0.3, -0.25) is 4.68 Å². The zero-order valence-electron chi connectivity index (χ0n) is 6.07. The van der Waals surface area contributed by atoms with Gasteiger partial charge in [-0.25, -0.2) is 4.99 Å². The Morgan fingerprint density at radius 2 is 2.50 bits per heavy atom. The number of hydrogen-bond acceptors (Lipinski definition) is 2. The van der Waals surface area contributed by atoms with Gasteiger partial charge >= 0.3 is 0 Å². The molecule has 1 heterocycles. The van der Waals surface area contributed by atoms with Crippen LogP contribution in [0.1, 0.15) is 6.92 Å². The van der Waals surface area contributed by atoms with Gasteiger partial charge in [0.25, 0.3) is 0 Å². The number of rotatable bonds is 1. The highest BCUT2D eigenvalue weighted by atomic mass is 15.2. The second-order valence-corrected chi connectivity index (χ2v) is 2.13. The summed E-state index contributed by atoms with van der Waals surface area (Å²) in [7, 11) is 1.84. The molecule has 0 saturated heterocycles. The maximum absolute atomic E-state index is 5.35. The van der Waals surface area contributed by atoms with E-state index in [2.05, 4.69) is 10.1 Å². The minimum absolute atomic E-state index is 0.549. The van der Waals surface area contributed by atoms with E-state index in [1.54, 1.807) is 24.0 Å². The van der Waals surface area contributed by atoms with Crippen LogP contribution in [0.2, 0.25) is 0 Å². The molecule has 0 aromatic carbocycles. The Morgan fingerprint density at radius 1 is 1.80 bits per heavy atom. The van der Waals surface area contributed by atoms with E-state index in [1.165, 1.54) is 0 Å². The molecule has 0 unspecified atom stereocenters. The molecular formula is C6H10N4. The quantitative estimate of drug-likeness (QED) is 0.452. The smallest absolute Gasteiger partial charge is 0.103 e. The third-order valence-electron chi connectivity index (χ3n) is 0.997. The van der Waals surface area contributed by atoms with Crippen LogP contribution in [-0.2, 0) is 7.05 Å². The first-order chi connectivity index (χ1) is 4.68. The predicted molar refractivity (Wildman–Crippen MR) is 40.2 cm³/mol. The van der Waals surface area contributed by atoms with Crippen molar-refractivity contribution < 1.29 is 0 Å². The van der Waals surface area contributed by atoms with Gasteiger partial charge in [-0.15, -0.1) is 0 Å². The van der Waals surface area contributed by atoms with E-state index in [0.717, 1.165) is 5.69 Å². The van der Waals surface area contributed by atoms with E-state index in [0.29, 0.717) is 5.84 Å². The lowest BCUT2D eigenvalue weighted by molar-refractivity contribution is 0.768. The number of nitrogens with zero attached hydrogens (tertiary/aromatic N) is 3. The molecule has 0 aliphatic heterocycles. The average molecular weight is 138 g/mol. The summed E-state index contributed by atoms with van der Waals surface area (Å²) in [6.07, 6.45) is 3.46. The molecule has 4 heteroatoms. The van der Waals surface area contributed by atoms with Crippen LogP contribution < -0.4 is 5.73 Å². The monoisotopic (exact) mass is 138 g/mol. The molecule has 0 radical (unpaired) electrons. The molecule has 0 aliphatic rings. The Balaban J connectivity index is 2.86. The van der Waals surface area contributed by atoms with Crippen LogP contribution in [0.15, 0.2) is 17.4 Å². The first kappa shape index (κ1) is 6.80. The molecule has 54 valence electrons. The van der Waals surface area contributed by atoms with Crippen LogP contribution in [0.3, 0.4) is 0 Å². The van der Waals surface area contributed by atoms with Crippen LogP contribution in [0.4, 0.5) is 5.69 Å². The van der Waals surface area contributed by atoms with E-state index < -0.39 is 0 Å². The number of nitrogens with two attached hydrogens (primary N) is 1. The van der Waals surface area contributed by atoms with Gasteiger partial charge < -0.3 is 5.73 Å². The average Bonchev–Trinajstić information content (AvgIpc) is 2.13. The summed E-state index contributed by atoms with van der Waals surface area (Å²) in [5.41, 5.74) is 6.14. The van der Waals surface area contributed by atoms with Gasteiger partial charge in [0.05, 0.1) is 18.2 Å². The molecular weight excluding hydrogens is 128 g/mol. The van der Waals surface area contributed by atoms with Crippen LogP contribution in [0.5, 0.6) is 0 Å². The van der Waals surface area contributed by atoms with E-state index >= 15 is 0 Å². The summed E-state index contributed by atoms with van der Waals surface area (Å²) in [5, 5.41) is 3.92. The maximum atomic E-state index is 5.35. The Hall–Kier alpha value is -1.32. The molecule has 1 rings (SSSR count). The highest BCUT2D eigenvalue weighted by Gasteiger charge is 1.90. The first-order valence-corrected chi connectivity index (χ1v) is 2.98. The fraction of sp³-hybridized carbons (Fsp3) is 0.333. The third kappa shape index (κ3) is 1.58. The van der Waals surface area contributed by atoms with Crippen molar-refractivity contribution in [3.8, 4) is 0 Å².